The van der Waals surface area contributed by atoms with Crippen LogP contribution in [0, 0.1) is 0 Å². The van der Waals surface area contributed by atoms with Gasteiger partial charge in [-0.2, -0.15) is 4.99 Å². The van der Waals surface area contributed by atoms with E-state index in [1.807, 2.05) is 25.1 Å². The first-order valence-corrected chi connectivity index (χ1v) is 7.22. The Kier molecular flexibility index (Phi) is 5.74. The van der Waals surface area contributed by atoms with Crippen LogP contribution in [0.15, 0.2) is 53.5 Å². The van der Waals surface area contributed by atoms with Gasteiger partial charge in [0.2, 0.25) is 5.90 Å². The van der Waals surface area contributed by atoms with Crippen molar-refractivity contribution >= 4 is 11.8 Å². The van der Waals surface area contributed by atoms with E-state index in [2.05, 4.69) is 4.99 Å². The molecule has 23 heavy (non-hydrogen) atoms. The number of nitrogens with zero attached hydrogens (tertiary/aromatic N) is 1. The highest BCUT2D eigenvalue weighted by Gasteiger charge is 2.11. The third kappa shape index (κ3) is 4.32. The van der Waals surface area contributed by atoms with E-state index in [9.17, 15) is 4.79 Å². The van der Waals surface area contributed by atoms with Crippen molar-refractivity contribution in [1.29, 1.82) is 0 Å². The minimum atomic E-state index is -0.393. The predicted molar refractivity (Wildman–Crippen MR) is 88.5 cm³/mol. The summed E-state index contributed by atoms with van der Waals surface area (Å²) in [6.07, 6.45) is 0. The number of benzene rings is 2. The Morgan fingerprint density at radius 3 is 2.09 bits per heavy atom. The summed E-state index contributed by atoms with van der Waals surface area (Å²) in [6, 6.07) is 14.1. The van der Waals surface area contributed by atoms with E-state index in [0.717, 1.165) is 0 Å². The van der Waals surface area contributed by atoms with Crippen molar-refractivity contribution in [2.75, 3.05) is 20.8 Å². The molecular weight excluding hydrogens is 294 g/mol. The smallest absolute Gasteiger partial charge is 0.280 e. The van der Waals surface area contributed by atoms with Crippen molar-refractivity contribution < 1.29 is 19.0 Å². The molecule has 0 bridgehead atoms. The fourth-order valence-corrected chi connectivity index (χ4v) is 1.99. The second-order valence-electron chi connectivity index (χ2n) is 4.62. The average Bonchev–Trinajstić information content (AvgIpc) is 2.61. The zero-order valence-electron chi connectivity index (χ0n) is 13.4. The van der Waals surface area contributed by atoms with E-state index in [-0.39, 0.29) is 5.90 Å². The van der Waals surface area contributed by atoms with E-state index >= 15 is 0 Å². The first-order chi connectivity index (χ1) is 11.2. The molecule has 120 valence electrons. The second-order valence-corrected chi connectivity index (χ2v) is 4.62. The standard InChI is InChI=1S/C18H19NO4/c1-4-23-18(14-8-6-10-16(12-14)22-3)19-17(20)13-7-5-9-15(11-13)21-2/h5-12H,4H2,1-3H3. The summed E-state index contributed by atoms with van der Waals surface area (Å²) in [7, 11) is 3.13. The number of methoxy groups -OCH3 is 2. The summed E-state index contributed by atoms with van der Waals surface area (Å²) in [6.45, 7) is 2.24. The molecule has 5 heteroatoms. The fraction of sp³-hybridized carbons (Fsp3) is 0.222. The molecule has 0 aliphatic carbocycles. The normalized spacial score (nSPS) is 11.0. The van der Waals surface area contributed by atoms with Crippen molar-refractivity contribution in [2.45, 2.75) is 6.92 Å². The van der Waals surface area contributed by atoms with Gasteiger partial charge in [0.15, 0.2) is 0 Å². The summed E-state index contributed by atoms with van der Waals surface area (Å²) >= 11 is 0. The average molecular weight is 313 g/mol. The molecule has 2 rings (SSSR count). The molecule has 0 atom stereocenters. The lowest BCUT2D eigenvalue weighted by Gasteiger charge is -2.09. The van der Waals surface area contributed by atoms with Gasteiger partial charge in [0.05, 0.1) is 20.8 Å². The molecule has 5 nitrogen and oxygen atoms in total. The van der Waals surface area contributed by atoms with E-state index < -0.39 is 5.91 Å². The van der Waals surface area contributed by atoms with Gasteiger partial charge in [-0.25, -0.2) is 0 Å². The lowest BCUT2D eigenvalue weighted by atomic mass is 10.2. The topological polar surface area (TPSA) is 57.1 Å². The lowest BCUT2D eigenvalue weighted by Crippen LogP contribution is -2.10. The van der Waals surface area contributed by atoms with Crippen LogP contribution in [-0.4, -0.2) is 32.6 Å². The molecule has 2 aromatic rings. The molecular formula is C18H19NO4. The van der Waals surface area contributed by atoms with Crippen LogP contribution < -0.4 is 9.47 Å². The van der Waals surface area contributed by atoms with Crippen molar-refractivity contribution in [3.63, 3.8) is 0 Å². The van der Waals surface area contributed by atoms with Crippen LogP contribution in [0.5, 0.6) is 11.5 Å². The highest BCUT2D eigenvalue weighted by Crippen LogP contribution is 2.16. The zero-order valence-corrected chi connectivity index (χ0v) is 13.4. The number of carbonyl (C=O) groups is 1. The van der Waals surface area contributed by atoms with Gasteiger partial charge in [-0.15, -0.1) is 0 Å². The molecule has 1 amide bonds. The summed E-state index contributed by atoms with van der Waals surface area (Å²) < 4.78 is 15.8. The molecule has 0 aromatic heterocycles. The Hall–Kier alpha value is -2.82. The van der Waals surface area contributed by atoms with Gasteiger partial charge < -0.3 is 14.2 Å². The molecule has 0 unspecified atom stereocenters. The quantitative estimate of drug-likeness (QED) is 0.627. The van der Waals surface area contributed by atoms with E-state index in [4.69, 9.17) is 14.2 Å². The minimum absolute atomic E-state index is 0.263. The van der Waals surface area contributed by atoms with Crippen LogP contribution in [0.1, 0.15) is 22.8 Å². The van der Waals surface area contributed by atoms with Gasteiger partial charge in [0.1, 0.15) is 11.5 Å². The molecule has 0 saturated carbocycles. The number of amides is 1. The number of hydrogen-bond donors (Lipinski definition) is 0. The largest absolute Gasteiger partial charge is 0.497 e. The molecule has 0 aliphatic rings. The molecule has 0 fully saturated rings. The van der Waals surface area contributed by atoms with Gasteiger partial charge in [0, 0.05) is 11.1 Å². The van der Waals surface area contributed by atoms with Crippen LogP contribution in [0.2, 0.25) is 0 Å². The zero-order chi connectivity index (χ0) is 16.7. The third-order valence-electron chi connectivity index (χ3n) is 3.12. The van der Waals surface area contributed by atoms with Crippen LogP contribution in [-0.2, 0) is 4.74 Å². The van der Waals surface area contributed by atoms with Crippen molar-refractivity contribution in [2.24, 2.45) is 4.99 Å². The van der Waals surface area contributed by atoms with Crippen LogP contribution in [0.3, 0.4) is 0 Å². The molecule has 0 aliphatic heterocycles. The highest BCUT2D eigenvalue weighted by molar-refractivity contribution is 6.07. The maximum absolute atomic E-state index is 12.4. The summed E-state index contributed by atoms with van der Waals surface area (Å²) in [5.41, 5.74) is 1.12. The van der Waals surface area contributed by atoms with Gasteiger partial charge in [0.25, 0.3) is 5.91 Å². The predicted octanol–water partition coefficient (Wildman–Crippen LogP) is 3.33. The lowest BCUT2D eigenvalue weighted by molar-refractivity contribution is 0.0999. The maximum Gasteiger partial charge on any atom is 0.280 e. The Morgan fingerprint density at radius 1 is 0.957 bits per heavy atom. The van der Waals surface area contributed by atoms with Crippen molar-refractivity contribution in [1.82, 2.24) is 0 Å². The Bertz CT molecular complexity index is 710. The van der Waals surface area contributed by atoms with Crippen LogP contribution in [0.4, 0.5) is 0 Å². The van der Waals surface area contributed by atoms with Crippen molar-refractivity contribution in [3.8, 4) is 11.5 Å². The molecule has 0 N–H and O–H groups in total. The number of ether oxygens (including phenoxy) is 3. The SMILES string of the molecule is CCOC(=NC(=O)c1cccc(OC)c1)c1cccc(OC)c1. The fourth-order valence-electron chi connectivity index (χ4n) is 1.99. The Labute approximate surface area is 135 Å². The van der Waals surface area contributed by atoms with E-state index in [1.54, 1.807) is 44.6 Å². The first-order valence-electron chi connectivity index (χ1n) is 7.22. The summed E-state index contributed by atoms with van der Waals surface area (Å²) in [5.74, 6) is 1.14. The molecule has 0 heterocycles. The Balaban J connectivity index is 2.35. The third-order valence-corrected chi connectivity index (χ3v) is 3.12. The van der Waals surface area contributed by atoms with Crippen LogP contribution in [0.25, 0.3) is 0 Å². The van der Waals surface area contributed by atoms with E-state index in [0.29, 0.717) is 29.2 Å². The monoisotopic (exact) mass is 313 g/mol. The molecule has 2 aromatic carbocycles. The van der Waals surface area contributed by atoms with Gasteiger partial charge in [-0.3, -0.25) is 4.79 Å². The summed E-state index contributed by atoms with van der Waals surface area (Å²) in [5, 5.41) is 0. The number of carbonyl (C=O) groups excluding carboxylic acids is 1. The van der Waals surface area contributed by atoms with Crippen molar-refractivity contribution in [3.05, 3.63) is 59.7 Å². The number of aliphatic imine (C=N–C) groups is 1. The molecule has 0 spiro atoms. The Morgan fingerprint density at radius 2 is 1.52 bits per heavy atom. The van der Waals surface area contributed by atoms with Gasteiger partial charge in [-0.1, -0.05) is 12.1 Å². The highest BCUT2D eigenvalue weighted by atomic mass is 16.5. The van der Waals surface area contributed by atoms with Crippen LogP contribution >= 0.6 is 0 Å². The first kappa shape index (κ1) is 16.5. The number of hydrogen-bond acceptors (Lipinski definition) is 4. The van der Waals surface area contributed by atoms with E-state index in [1.165, 1.54) is 0 Å². The molecule has 0 saturated heterocycles. The number of rotatable bonds is 5. The second kappa shape index (κ2) is 7.98. The minimum Gasteiger partial charge on any atom is -0.497 e. The summed E-state index contributed by atoms with van der Waals surface area (Å²) in [4.78, 5) is 16.5. The van der Waals surface area contributed by atoms with Gasteiger partial charge in [-0.05, 0) is 43.3 Å². The molecule has 0 radical (unpaired) electrons. The maximum atomic E-state index is 12.4. The van der Waals surface area contributed by atoms with Gasteiger partial charge >= 0.3 is 0 Å².